The molecule has 1 amide bonds. The van der Waals surface area contributed by atoms with E-state index in [1.807, 2.05) is 0 Å². The van der Waals surface area contributed by atoms with Crippen molar-refractivity contribution in [3.8, 4) is 5.75 Å². The van der Waals surface area contributed by atoms with Gasteiger partial charge in [0.05, 0.1) is 5.69 Å². The Labute approximate surface area is 118 Å². The summed E-state index contributed by atoms with van der Waals surface area (Å²) >= 11 is 0. The molecule has 7 nitrogen and oxygen atoms in total. The van der Waals surface area contributed by atoms with Crippen LogP contribution in [0.3, 0.4) is 0 Å². The van der Waals surface area contributed by atoms with Crippen LogP contribution in [-0.4, -0.2) is 46.4 Å². The van der Waals surface area contributed by atoms with E-state index in [1.54, 1.807) is 25.2 Å². The summed E-state index contributed by atoms with van der Waals surface area (Å²) in [4.78, 5) is 13.1. The third kappa shape index (κ3) is 2.92. The molecule has 8 heteroatoms. The van der Waals surface area contributed by atoms with E-state index in [9.17, 15) is 13.2 Å². The fraction of sp³-hybridized carbons (Fsp3) is 0.417. The summed E-state index contributed by atoms with van der Waals surface area (Å²) in [5, 5.41) is 0. The van der Waals surface area contributed by atoms with Gasteiger partial charge in [0.25, 0.3) is 16.1 Å². The zero-order valence-electron chi connectivity index (χ0n) is 11.6. The van der Waals surface area contributed by atoms with Crippen molar-refractivity contribution in [3.05, 3.63) is 23.8 Å². The minimum atomic E-state index is -3.47. The number of nitrogens with one attached hydrogen (secondary N) is 1. The first-order chi connectivity index (χ1) is 9.31. The maximum atomic E-state index is 11.6. The predicted molar refractivity (Wildman–Crippen MR) is 74.8 cm³/mol. The molecule has 1 aromatic rings. The molecule has 0 radical (unpaired) electrons. The van der Waals surface area contributed by atoms with E-state index in [0.29, 0.717) is 11.4 Å². The summed E-state index contributed by atoms with van der Waals surface area (Å²) in [6.07, 6.45) is 0. The number of nitrogens with zero attached hydrogens (tertiary/aromatic N) is 2. The van der Waals surface area contributed by atoms with Crippen LogP contribution < -0.4 is 14.4 Å². The van der Waals surface area contributed by atoms with Crippen LogP contribution in [0.1, 0.15) is 5.56 Å². The SMILES string of the molecule is CN1C(=O)COc2ccc(CNS(=O)(=O)N(C)C)cc21. The summed E-state index contributed by atoms with van der Waals surface area (Å²) in [5.41, 5.74) is 1.39. The highest BCUT2D eigenvalue weighted by Crippen LogP contribution is 2.31. The smallest absolute Gasteiger partial charge is 0.279 e. The second-order valence-electron chi connectivity index (χ2n) is 4.65. The Balaban J connectivity index is 2.18. The molecular formula is C12H17N3O4S. The second-order valence-corrected chi connectivity index (χ2v) is 6.62. The zero-order chi connectivity index (χ0) is 14.9. The molecule has 1 heterocycles. The van der Waals surface area contributed by atoms with Crippen LogP contribution >= 0.6 is 0 Å². The van der Waals surface area contributed by atoms with Gasteiger partial charge in [0.15, 0.2) is 6.61 Å². The maximum Gasteiger partial charge on any atom is 0.279 e. The number of benzene rings is 1. The molecule has 1 aliphatic heterocycles. The second kappa shape index (κ2) is 5.39. The monoisotopic (exact) mass is 299 g/mol. The van der Waals surface area contributed by atoms with Crippen molar-refractivity contribution in [2.24, 2.45) is 0 Å². The van der Waals surface area contributed by atoms with E-state index in [-0.39, 0.29) is 19.1 Å². The van der Waals surface area contributed by atoms with Crippen molar-refractivity contribution in [2.45, 2.75) is 6.54 Å². The van der Waals surface area contributed by atoms with Gasteiger partial charge in [-0.15, -0.1) is 0 Å². The van der Waals surface area contributed by atoms with Crippen LogP contribution in [0.25, 0.3) is 0 Å². The lowest BCUT2D eigenvalue weighted by Gasteiger charge is -2.26. The quantitative estimate of drug-likeness (QED) is 0.844. The third-order valence-corrected chi connectivity index (χ3v) is 4.52. The van der Waals surface area contributed by atoms with E-state index >= 15 is 0 Å². The number of hydrogen-bond acceptors (Lipinski definition) is 4. The molecule has 0 fully saturated rings. The summed E-state index contributed by atoms with van der Waals surface area (Å²) in [6.45, 7) is 0.173. The predicted octanol–water partition coefficient (Wildman–Crippen LogP) is -0.0622. The molecule has 1 N–H and O–H groups in total. The standard InChI is InChI=1S/C12H17N3O4S/c1-14(2)20(17,18)13-7-9-4-5-11-10(6-9)15(3)12(16)8-19-11/h4-6,13H,7-8H2,1-3H3. The van der Waals surface area contributed by atoms with Gasteiger partial charge in [-0.25, -0.2) is 0 Å². The van der Waals surface area contributed by atoms with Crippen molar-refractivity contribution < 1.29 is 17.9 Å². The van der Waals surface area contributed by atoms with Crippen LogP contribution in [-0.2, 0) is 21.5 Å². The average Bonchev–Trinajstić information content (AvgIpc) is 2.41. The first kappa shape index (κ1) is 14.8. The molecule has 0 unspecified atom stereocenters. The molecule has 0 atom stereocenters. The number of hydrogen-bond donors (Lipinski definition) is 1. The molecule has 0 aliphatic carbocycles. The number of likely N-dealkylation sites (N-methyl/N-ethyl adjacent to an activating group) is 1. The summed E-state index contributed by atoms with van der Waals surface area (Å²) in [7, 11) is 1.10. The first-order valence-electron chi connectivity index (χ1n) is 6.00. The van der Waals surface area contributed by atoms with Gasteiger partial charge in [0.2, 0.25) is 0 Å². The molecule has 20 heavy (non-hydrogen) atoms. The number of ether oxygens (including phenoxy) is 1. The highest BCUT2D eigenvalue weighted by Gasteiger charge is 2.22. The summed E-state index contributed by atoms with van der Waals surface area (Å²) in [6, 6.07) is 5.24. The van der Waals surface area contributed by atoms with Crippen LogP contribution in [0.2, 0.25) is 0 Å². The van der Waals surface area contributed by atoms with Gasteiger partial charge < -0.3 is 9.64 Å². The number of carbonyl (C=O) groups is 1. The minimum absolute atomic E-state index is 0.0239. The molecule has 0 saturated heterocycles. The lowest BCUT2D eigenvalue weighted by atomic mass is 10.1. The Morgan fingerprint density at radius 1 is 1.40 bits per heavy atom. The Hall–Kier alpha value is -1.64. The first-order valence-corrected chi connectivity index (χ1v) is 7.44. The van der Waals surface area contributed by atoms with Gasteiger partial charge in [-0.1, -0.05) is 6.07 Å². The number of fused-ring (bicyclic) bond motifs is 1. The number of anilines is 1. The topological polar surface area (TPSA) is 79.0 Å². The number of carbonyl (C=O) groups excluding carboxylic acids is 1. The van der Waals surface area contributed by atoms with Gasteiger partial charge >= 0.3 is 0 Å². The minimum Gasteiger partial charge on any atom is -0.482 e. The highest BCUT2D eigenvalue weighted by molar-refractivity contribution is 7.87. The lowest BCUT2D eigenvalue weighted by molar-refractivity contribution is -0.120. The Bertz CT molecular complexity index is 628. The van der Waals surface area contributed by atoms with E-state index in [2.05, 4.69) is 4.72 Å². The molecule has 110 valence electrons. The fourth-order valence-electron chi connectivity index (χ4n) is 1.73. The third-order valence-electron chi connectivity index (χ3n) is 3.05. The molecule has 1 aromatic carbocycles. The molecular weight excluding hydrogens is 282 g/mol. The van der Waals surface area contributed by atoms with Crippen molar-refractivity contribution in [2.75, 3.05) is 32.6 Å². The van der Waals surface area contributed by atoms with E-state index in [0.717, 1.165) is 9.87 Å². The van der Waals surface area contributed by atoms with Gasteiger partial charge in [-0.2, -0.15) is 17.4 Å². The van der Waals surface area contributed by atoms with Gasteiger partial charge in [0, 0.05) is 27.7 Å². The molecule has 2 rings (SSSR count). The molecule has 0 saturated carbocycles. The van der Waals surface area contributed by atoms with Crippen molar-refractivity contribution in [3.63, 3.8) is 0 Å². The molecule has 0 aromatic heterocycles. The molecule has 0 bridgehead atoms. The van der Waals surface area contributed by atoms with Crippen LogP contribution in [0.15, 0.2) is 18.2 Å². The number of rotatable bonds is 4. The van der Waals surface area contributed by atoms with Crippen molar-refractivity contribution >= 4 is 21.8 Å². The normalized spacial score (nSPS) is 15.2. The average molecular weight is 299 g/mol. The maximum absolute atomic E-state index is 11.6. The van der Waals surface area contributed by atoms with Crippen molar-refractivity contribution in [1.82, 2.24) is 9.03 Å². The van der Waals surface area contributed by atoms with Gasteiger partial charge in [0.1, 0.15) is 5.75 Å². The zero-order valence-corrected chi connectivity index (χ0v) is 12.4. The van der Waals surface area contributed by atoms with Gasteiger partial charge in [-0.05, 0) is 17.7 Å². The Morgan fingerprint density at radius 3 is 2.75 bits per heavy atom. The fourth-order valence-corrected chi connectivity index (χ4v) is 2.34. The van der Waals surface area contributed by atoms with E-state index in [4.69, 9.17) is 4.74 Å². The van der Waals surface area contributed by atoms with Crippen molar-refractivity contribution in [1.29, 1.82) is 0 Å². The molecule has 0 spiro atoms. The van der Waals surface area contributed by atoms with E-state index < -0.39 is 10.2 Å². The van der Waals surface area contributed by atoms with Crippen LogP contribution in [0.4, 0.5) is 5.69 Å². The summed E-state index contributed by atoms with van der Waals surface area (Å²) in [5.74, 6) is 0.481. The van der Waals surface area contributed by atoms with Gasteiger partial charge in [-0.3, -0.25) is 4.79 Å². The van der Waals surface area contributed by atoms with Crippen LogP contribution in [0, 0.1) is 0 Å². The number of amides is 1. The van der Waals surface area contributed by atoms with Crippen LogP contribution in [0.5, 0.6) is 5.75 Å². The lowest BCUT2D eigenvalue weighted by Crippen LogP contribution is -2.36. The molecule has 1 aliphatic rings. The van der Waals surface area contributed by atoms with E-state index in [1.165, 1.54) is 19.0 Å². The Kier molecular flexibility index (Phi) is 3.98. The highest BCUT2D eigenvalue weighted by atomic mass is 32.2. The Morgan fingerprint density at radius 2 is 2.10 bits per heavy atom. The summed E-state index contributed by atoms with van der Waals surface area (Å²) < 4.78 is 32.1. The largest absolute Gasteiger partial charge is 0.482 e.